The van der Waals surface area contributed by atoms with E-state index in [9.17, 15) is 0 Å². The van der Waals surface area contributed by atoms with E-state index >= 15 is 0 Å². The van der Waals surface area contributed by atoms with Gasteiger partial charge in [-0.3, -0.25) is 0 Å². The molecule has 0 bridgehead atoms. The van der Waals surface area contributed by atoms with Crippen molar-refractivity contribution in [2.45, 2.75) is 20.8 Å². The Morgan fingerprint density at radius 1 is 0.950 bits per heavy atom. The van der Waals surface area contributed by atoms with Crippen LogP contribution in [0.25, 0.3) is 22.6 Å². The van der Waals surface area contributed by atoms with Gasteiger partial charge in [-0.15, -0.1) is 0 Å². The van der Waals surface area contributed by atoms with Gasteiger partial charge in [0, 0.05) is 18.3 Å². The van der Waals surface area contributed by atoms with Crippen molar-refractivity contribution >= 4 is 11.0 Å². The van der Waals surface area contributed by atoms with Crippen molar-refractivity contribution in [2.24, 2.45) is 21.1 Å². The van der Waals surface area contributed by atoms with Crippen molar-refractivity contribution in [3.05, 3.63) is 41.1 Å². The van der Waals surface area contributed by atoms with E-state index in [2.05, 4.69) is 79.9 Å². The summed E-state index contributed by atoms with van der Waals surface area (Å²) < 4.78 is 6.87. The first-order valence-corrected chi connectivity index (χ1v) is 7.00. The Morgan fingerprint density at radius 3 is 2.20 bits per heavy atom. The second-order valence-corrected chi connectivity index (χ2v) is 5.74. The number of hydrogen-bond acceptors (Lipinski definition) is 0. The molecule has 0 amide bonds. The molecular weight excluding hydrogens is 246 g/mol. The SMILES string of the molecule is Cc1cc(-c2n(C)c3cccc(C)c3[n+]2C)n(C)c1C. The number of fused-ring (bicyclic) bond motifs is 1. The van der Waals surface area contributed by atoms with Crippen molar-refractivity contribution in [3.63, 3.8) is 0 Å². The molecule has 3 heteroatoms. The van der Waals surface area contributed by atoms with Crippen LogP contribution in [-0.2, 0) is 21.1 Å². The highest BCUT2D eigenvalue weighted by Gasteiger charge is 2.25. The molecule has 2 aromatic heterocycles. The zero-order valence-corrected chi connectivity index (χ0v) is 13.2. The topological polar surface area (TPSA) is 13.7 Å². The van der Waals surface area contributed by atoms with E-state index in [0.717, 1.165) is 0 Å². The van der Waals surface area contributed by atoms with Crippen LogP contribution in [0.5, 0.6) is 0 Å². The van der Waals surface area contributed by atoms with E-state index in [4.69, 9.17) is 0 Å². The van der Waals surface area contributed by atoms with Crippen LogP contribution in [0.1, 0.15) is 16.8 Å². The fourth-order valence-corrected chi connectivity index (χ4v) is 3.21. The fourth-order valence-electron chi connectivity index (χ4n) is 3.21. The zero-order valence-electron chi connectivity index (χ0n) is 13.2. The normalized spacial score (nSPS) is 11.5. The van der Waals surface area contributed by atoms with Crippen LogP contribution in [0.2, 0.25) is 0 Å². The quantitative estimate of drug-likeness (QED) is 0.602. The predicted octanol–water partition coefficient (Wildman–Crippen LogP) is 2.93. The van der Waals surface area contributed by atoms with Crippen LogP contribution in [-0.4, -0.2) is 9.13 Å². The predicted molar refractivity (Wildman–Crippen MR) is 82.7 cm³/mol. The van der Waals surface area contributed by atoms with Gasteiger partial charge in [-0.05, 0) is 38.5 Å². The number of para-hydroxylation sites is 1. The summed E-state index contributed by atoms with van der Waals surface area (Å²) in [5.74, 6) is 1.24. The van der Waals surface area contributed by atoms with Gasteiger partial charge in [0.15, 0.2) is 11.0 Å². The largest absolute Gasteiger partial charge is 0.342 e. The molecule has 0 unspecified atom stereocenters. The van der Waals surface area contributed by atoms with Gasteiger partial charge in [-0.2, -0.15) is 0 Å². The Kier molecular flexibility index (Phi) is 2.75. The van der Waals surface area contributed by atoms with Crippen LogP contribution in [0.4, 0.5) is 0 Å². The molecule has 0 radical (unpaired) electrons. The molecule has 2 heterocycles. The first-order chi connectivity index (χ1) is 9.43. The Bertz CT molecular complexity index is 819. The third kappa shape index (κ3) is 1.56. The maximum absolute atomic E-state index is 2.30. The minimum atomic E-state index is 1.24. The average molecular weight is 268 g/mol. The highest BCUT2D eigenvalue weighted by Crippen LogP contribution is 2.26. The Labute approximate surface area is 120 Å². The van der Waals surface area contributed by atoms with Gasteiger partial charge in [-0.1, -0.05) is 12.1 Å². The van der Waals surface area contributed by atoms with Crippen LogP contribution in [0.3, 0.4) is 0 Å². The van der Waals surface area contributed by atoms with E-state index in [1.165, 1.54) is 39.4 Å². The smallest absolute Gasteiger partial charge is 0.306 e. The Hall–Kier alpha value is -2.03. The molecular formula is C17H22N3+. The summed E-state index contributed by atoms with van der Waals surface area (Å²) >= 11 is 0. The maximum atomic E-state index is 2.30. The third-order valence-corrected chi connectivity index (χ3v) is 4.57. The molecule has 0 N–H and O–H groups in total. The van der Waals surface area contributed by atoms with E-state index in [1.54, 1.807) is 0 Å². The lowest BCUT2D eigenvalue weighted by molar-refractivity contribution is -0.634. The van der Waals surface area contributed by atoms with Gasteiger partial charge < -0.3 is 4.57 Å². The molecule has 3 nitrogen and oxygen atoms in total. The first-order valence-electron chi connectivity index (χ1n) is 7.00. The zero-order chi connectivity index (χ0) is 14.6. The number of imidazole rings is 1. The summed E-state index contributed by atoms with van der Waals surface area (Å²) in [5.41, 5.74) is 7.82. The molecule has 3 rings (SSSR count). The van der Waals surface area contributed by atoms with Crippen molar-refractivity contribution in [1.29, 1.82) is 0 Å². The highest BCUT2D eigenvalue weighted by molar-refractivity contribution is 5.78. The van der Waals surface area contributed by atoms with E-state index < -0.39 is 0 Å². The van der Waals surface area contributed by atoms with Crippen LogP contribution in [0.15, 0.2) is 24.3 Å². The van der Waals surface area contributed by atoms with Gasteiger partial charge in [0.2, 0.25) is 0 Å². The standard InChI is InChI=1S/C17H22N3/c1-11-8-7-9-14-16(11)20(6)17(19(14)5)15-10-12(2)13(3)18(15)4/h7-10H,1-6H3/q+1. The highest BCUT2D eigenvalue weighted by atomic mass is 15.2. The summed E-state index contributed by atoms with van der Waals surface area (Å²) in [7, 11) is 6.44. The van der Waals surface area contributed by atoms with Gasteiger partial charge in [-0.25, -0.2) is 9.13 Å². The van der Waals surface area contributed by atoms with Crippen LogP contribution in [0, 0.1) is 20.8 Å². The van der Waals surface area contributed by atoms with Crippen LogP contribution < -0.4 is 4.57 Å². The van der Waals surface area contributed by atoms with Gasteiger partial charge in [0.25, 0.3) is 0 Å². The number of hydrogen-bond donors (Lipinski definition) is 0. The van der Waals surface area contributed by atoms with Gasteiger partial charge in [0.1, 0.15) is 5.69 Å². The monoisotopic (exact) mass is 268 g/mol. The second-order valence-electron chi connectivity index (χ2n) is 5.74. The average Bonchev–Trinajstić information content (AvgIpc) is 2.81. The molecule has 0 fully saturated rings. The summed E-state index contributed by atoms with van der Waals surface area (Å²) in [6.07, 6.45) is 0. The van der Waals surface area contributed by atoms with Crippen molar-refractivity contribution in [1.82, 2.24) is 9.13 Å². The Morgan fingerprint density at radius 2 is 1.65 bits per heavy atom. The summed E-state index contributed by atoms with van der Waals surface area (Å²) in [5, 5.41) is 0. The molecule has 0 saturated carbocycles. The summed E-state index contributed by atoms with van der Waals surface area (Å²) in [6, 6.07) is 8.77. The van der Waals surface area contributed by atoms with Crippen molar-refractivity contribution in [3.8, 4) is 11.5 Å². The molecule has 0 aliphatic rings. The number of nitrogens with zero attached hydrogens (tertiary/aromatic N) is 3. The fraction of sp³-hybridized carbons (Fsp3) is 0.353. The lowest BCUT2D eigenvalue weighted by atomic mass is 10.2. The van der Waals surface area contributed by atoms with E-state index in [1.807, 2.05) is 0 Å². The molecule has 1 aromatic carbocycles. The molecule has 104 valence electrons. The minimum absolute atomic E-state index is 1.24. The number of rotatable bonds is 1. The molecule has 3 aromatic rings. The third-order valence-electron chi connectivity index (χ3n) is 4.57. The number of aryl methyl sites for hydroxylation is 4. The molecule has 0 spiro atoms. The Balaban J connectivity index is 2.43. The molecule has 0 aliphatic carbocycles. The molecule has 0 aliphatic heterocycles. The number of aromatic nitrogens is 3. The first kappa shape index (κ1) is 13.0. The van der Waals surface area contributed by atoms with Gasteiger partial charge in [0.05, 0.1) is 14.1 Å². The van der Waals surface area contributed by atoms with Crippen molar-refractivity contribution in [2.75, 3.05) is 0 Å². The van der Waals surface area contributed by atoms with E-state index in [-0.39, 0.29) is 0 Å². The molecule has 0 atom stereocenters. The van der Waals surface area contributed by atoms with E-state index in [0.29, 0.717) is 0 Å². The van der Waals surface area contributed by atoms with Gasteiger partial charge >= 0.3 is 5.82 Å². The van der Waals surface area contributed by atoms with Crippen LogP contribution >= 0.6 is 0 Å². The molecule has 0 saturated heterocycles. The summed E-state index contributed by atoms with van der Waals surface area (Å²) in [4.78, 5) is 0. The lowest BCUT2D eigenvalue weighted by Crippen LogP contribution is -2.31. The minimum Gasteiger partial charge on any atom is -0.342 e. The second kappa shape index (κ2) is 4.23. The summed E-state index contributed by atoms with van der Waals surface area (Å²) in [6.45, 7) is 6.52. The van der Waals surface area contributed by atoms with Crippen molar-refractivity contribution < 1.29 is 4.57 Å². The lowest BCUT2D eigenvalue weighted by Gasteiger charge is -2.03. The number of benzene rings is 1. The molecule has 20 heavy (non-hydrogen) atoms. The maximum Gasteiger partial charge on any atom is 0.306 e.